The Kier molecular flexibility index (Phi) is 4.34. The van der Waals surface area contributed by atoms with E-state index in [1.54, 1.807) is 20.8 Å². The zero-order valence-electron chi connectivity index (χ0n) is 10.7. The highest BCUT2D eigenvalue weighted by atomic mass is 17.2. The first-order valence-corrected chi connectivity index (χ1v) is 5.59. The topological polar surface area (TPSA) is 65.1 Å². The second kappa shape index (κ2) is 5.35. The number of hydrogen-bond acceptors (Lipinski definition) is 5. The van der Waals surface area contributed by atoms with Gasteiger partial charge in [0.25, 0.3) is 0 Å². The smallest absolute Gasteiger partial charge is 0.411 e. The zero-order valence-corrected chi connectivity index (χ0v) is 10.7. The van der Waals surface area contributed by atoms with Crippen LogP contribution in [0.1, 0.15) is 33.6 Å². The van der Waals surface area contributed by atoms with Crippen LogP contribution < -0.4 is 0 Å². The van der Waals surface area contributed by atoms with Gasteiger partial charge in [0.05, 0.1) is 7.11 Å². The molecule has 6 nitrogen and oxygen atoms in total. The predicted molar refractivity (Wildman–Crippen MR) is 59.1 cm³/mol. The summed E-state index contributed by atoms with van der Waals surface area (Å²) < 4.78 is 5.22. The van der Waals surface area contributed by atoms with Crippen molar-refractivity contribution in [3.05, 3.63) is 0 Å². The van der Waals surface area contributed by atoms with E-state index in [1.165, 1.54) is 12.0 Å². The summed E-state index contributed by atoms with van der Waals surface area (Å²) in [6.45, 7) is 5.84. The Labute approximate surface area is 101 Å². The minimum atomic E-state index is -0.607. The molecule has 98 valence electrons. The van der Waals surface area contributed by atoms with Crippen LogP contribution >= 0.6 is 0 Å². The lowest BCUT2D eigenvalue weighted by Crippen LogP contribution is -2.43. The third-order valence-corrected chi connectivity index (χ3v) is 2.32. The van der Waals surface area contributed by atoms with Crippen molar-refractivity contribution >= 4 is 12.1 Å². The Morgan fingerprint density at radius 3 is 2.47 bits per heavy atom. The molecule has 0 aromatic carbocycles. The molecule has 1 rings (SSSR count). The molecular formula is C11H19NO5. The number of amides is 1. The van der Waals surface area contributed by atoms with E-state index >= 15 is 0 Å². The molecule has 1 aliphatic heterocycles. The zero-order chi connectivity index (χ0) is 13.1. The summed E-state index contributed by atoms with van der Waals surface area (Å²) in [6.07, 6.45) is 0.831. The summed E-state index contributed by atoms with van der Waals surface area (Å²) in [5.74, 6) is -0.559. The average molecular weight is 245 g/mol. The molecule has 17 heavy (non-hydrogen) atoms. The number of carbonyl (C=O) groups excluding carboxylic acids is 2. The van der Waals surface area contributed by atoms with Crippen molar-refractivity contribution in [2.75, 3.05) is 13.7 Å². The molecule has 0 spiro atoms. The summed E-state index contributed by atoms with van der Waals surface area (Å²) in [5.41, 5.74) is -0.574. The predicted octanol–water partition coefficient (Wildman–Crippen LogP) is 1.49. The first-order chi connectivity index (χ1) is 7.85. The third-order valence-electron chi connectivity index (χ3n) is 2.32. The Hall–Kier alpha value is -1.30. The maximum Gasteiger partial charge on any atom is 0.411 e. The van der Waals surface area contributed by atoms with E-state index in [2.05, 4.69) is 9.78 Å². The lowest BCUT2D eigenvalue weighted by Gasteiger charge is -2.27. The number of ether oxygens (including phenoxy) is 1. The highest BCUT2D eigenvalue weighted by Gasteiger charge is 2.38. The third kappa shape index (κ3) is 3.89. The van der Waals surface area contributed by atoms with Crippen LogP contribution in [0.4, 0.5) is 4.79 Å². The molecule has 1 saturated heterocycles. The van der Waals surface area contributed by atoms with Crippen molar-refractivity contribution in [2.24, 2.45) is 0 Å². The van der Waals surface area contributed by atoms with Gasteiger partial charge in [-0.15, -0.1) is 0 Å². The van der Waals surface area contributed by atoms with Gasteiger partial charge in [-0.25, -0.2) is 9.59 Å². The maximum atomic E-state index is 11.8. The van der Waals surface area contributed by atoms with Gasteiger partial charge < -0.3 is 4.74 Å². The lowest BCUT2D eigenvalue weighted by atomic mass is 10.2. The van der Waals surface area contributed by atoms with E-state index in [0.29, 0.717) is 13.0 Å². The van der Waals surface area contributed by atoms with Crippen LogP contribution in [0.5, 0.6) is 0 Å². The number of rotatable bonds is 2. The van der Waals surface area contributed by atoms with Crippen LogP contribution in [-0.4, -0.2) is 42.3 Å². The molecule has 0 unspecified atom stereocenters. The van der Waals surface area contributed by atoms with Crippen LogP contribution in [-0.2, 0) is 19.3 Å². The van der Waals surface area contributed by atoms with Crippen LogP contribution in [0.25, 0.3) is 0 Å². The van der Waals surface area contributed by atoms with E-state index in [0.717, 1.165) is 6.42 Å². The number of carbonyl (C=O) groups is 2. The van der Waals surface area contributed by atoms with E-state index < -0.39 is 23.7 Å². The monoisotopic (exact) mass is 245 g/mol. The standard InChI is InChI=1S/C11H19NO5/c1-11(2,3)16-10(14)12-7-5-6-8(12)9(13)17-15-4/h8H,5-7H2,1-4H3/t8-/m0/s1. The molecule has 0 aliphatic carbocycles. The molecule has 1 amide bonds. The molecule has 0 N–H and O–H groups in total. The molecular weight excluding hydrogens is 226 g/mol. The Morgan fingerprint density at radius 1 is 1.29 bits per heavy atom. The van der Waals surface area contributed by atoms with Gasteiger partial charge in [0, 0.05) is 6.54 Å². The summed E-state index contributed by atoms with van der Waals surface area (Å²) in [6, 6.07) is -0.607. The number of hydrogen-bond donors (Lipinski definition) is 0. The fraction of sp³-hybridized carbons (Fsp3) is 0.818. The van der Waals surface area contributed by atoms with Crippen molar-refractivity contribution in [2.45, 2.75) is 45.3 Å². The van der Waals surface area contributed by atoms with E-state index in [1.807, 2.05) is 0 Å². The molecule has 0 saturated carbocycles. The van der Waals surface area contributed by atoms with Crippen molar-refractivity contribution in [3.63, 3.8) is 0 Å². The Balaban J connectivity index is 2.63. The summed E-state index contributed by atoms with van der Waals surface area (Å²) in [4.78, 5) is 33.5. The molecule has 0 aromatic rings. The average Bonchev–Trinajstić information content (AvgIpc) is 2.63. The quantitative estimate of drug-likeness (QED) is 0.544. The highest BCUT2D eigenvalue weighted by molar-refractivity contribution is 5.81. The van der Waals surface area contributed by atoms with Crippen LogP contribution in [0.2, 0.25) is 0 Å². The van der Waals surface area contributed by atoms with Crippen LogP contribution in [0.15, 0.2) is 0 Å². The minimum Gasteiger partial charge on any atom is -0.444 e. The normalized spacial score (nSPS) is 20.2. The van der Waals surface area contributed by atoms with Gasteiger partial charge in [0.15, 0.2) is 0 Å². The fourth-order valence-corrected chi connectivity index (χ4v) is 1.69. The van der Waals surface area contributed by atoms with Crippen LogP contribution in [0, 0.1) is 0 Å². The van der Waals surface area contributed by atoms with Crippen molar-refractivity contribution in [1.29, 1.82) is 0 Å². The SMILES string of the molecule is COOC(=O)[C@@H]1CCCN1C(=O)OC(C)(C)C. The molecule has 6 heteroatoms. The van der Waals surface area contributed by atoms with Crippen LogP contribution in [0.3, 0.4) is 0 Å². The Bertz CT molecular complexity index is 297. The Morgan fingerprint density at radius 2 is 1.94 bits per heavy atom. The molecule has 1 heterocycles. The molecule has 0 radical (unpaired) electrons. The number of nitrogens with zero attached hydrogens (tertiary/aromatic N) is 1. The van der Waals surface area contributed by atoms with E-state index in [4.69, 9.17) is 4.74 Å². The van der Waals surface area contributed by atoms with Gasteiger partial charge in [-0.05, 0) is 33.6 Å². The lowest BCUT2D eigenvalue weighted by molar-refractivity contribution is -0.258. The van der Waals surface area contributed by atoms with Gasteiger partial charge in [0.2, 0.25) is 0 Å². The minimum absolute atomic E-state index is 0.493. The van der Waals surface area contributed by atoms with Gasteiger partial charge in [-0.2, -0.15) is 4.89 Å². The molecule has 0 bridgehead atoms. The van der Waals surface area contributed by atoms with Gasteiger partial charge in [0.1, 0.15) is 11.6 Å². The first kappa shape index (κ1) is 13.8. The fourth-order valence-electron chi connectivity index (χ4n) is 1.69. The summed E-state index contributed by atoms with van der Waals surface area (Å²) >= 11 is 0. The largest absolute Gasteiger partial charge is 0.444 e. The van der Waals surface area contributed by atoms with Gasteiger partial charge in [-0.3, -0.25) is 9.79 Å². The van der Waals surface area contributed by atoms with Crippen molar-refractivity contribution in [3.8, 4) is 0 Å². The highest BCUT2D eigenvalue weighted by Crippen LogP contribution is 2.21. The maximum absolute atomic E-state index is 11.8. The molecule has 1 fully saturated rings. The van der Waals surface area contributed by atoms with E-state index in [9.17, 15) is 9.59 Å². The second-order valence-electron chi connectivity index (χ2n) is 4.90. The van der Waals surface area contributed by atoms with Crippen molar-refractivity contribution in [1.82, 2.24) is 4.90 Å². The molecule has 1 atom stereocenters. The molecule has 0 aromatic heterocycles. The van der Waals surface area contributed by atoms with Gasteiger partial charge >= 0.3 is 12.1 Å². The van der Waals surface area contributed by atoms with E-state index in [-0.39, 0.29) is 0 Å². The number of likely N-dealkylation sites (tertiary alicyclic amines) is 1. The van der Waals surface area contributed by atoms with Gasteiger partial charge in [-0.1, -0.05) is 0 Å². The van der Waals surface area contributed by atoms with Crippen molar-refractivity contribution < 1.29 is 24.1 Å². The first-order valence-electron chi connectivity index (χ1n) is 5.59. The second-order valence-corrected chi connectivity index (χ2v) is 4.90. The summed E-state index contributed by atoms with van der Waals surface area (Å²) in [7, 11) is 1.25. The summed E-state index contributed by atoms with van der Waals surface area (Å²) in [5, 5.41) is 0. The molecule has 1 aliphatic rings.